The van der Waals surface area contributed by atoms with Crippen molar-refractivity contribution in [2.45, 2.75) is 26.7 Å². The number of carbonyl (C=O) groups excluding carboxylic acids is 1. The van der Waals surface area contributed by atoms with E-state index in [4.69, 9.17) is 5.11 Å². The number of aromatic amines is 1. The highest BCUT2D eigenvalue weighted by molar-refractivity contribution is 5.98. The van der Waals surface area contributed by atoms with Gasteiger partial charge in [-0.2, -0.15) is 0 Å². The smallest absolute Gasteiger partial charge is 0.267 e. The van der Waals surface area contributed by atoms with Crippen molar-refractivity contribution in [3.05, 3.63) is 35.8 Å². The fraction of sp³-hybridized carbons (Fsp3) is 0.471. The van der Waals surface area contributed by atoms with Gasteiger partial charge in [-0.1, -0.05) is 19.9 Å². The number of aliphatic hydroxyl groups is 1. The summed E-state index contributed by atoms with van der Waals surface area (Å²) >= 11 is 0. The molecule has 1 amide bonds. The molecule has 0 saturated carbocycles. The molecule has 1 aromatic carbocycles. The van der Waals surface area contributed by atoms with E-state index in [1.54, 1.807) is 12.1 Å². The Morgan fingerprint density at radius 2 is 2.18 bits per heavy atom. The molecule has 0 spiro atoms. The minimum absolute atomic E-state index is 0.116. The number of rotatable bonds is 7. The van der Waals surface area contributed by atoms with E-state index in [2.05, 4.69) is 24.1 Å². The summed E-state index contributed by atoms with van der Waals surface area (Å²) in [5, 5.41) is 12.4. The highest BCUT2D eigenvalue weighted by Crippen LogP contribution is 2.19. The molecular weight excluding hydrogens is 283 g/mol. The number of nitrogens with one attached hydrogen (secondary N) is 2. The molecular formula is C17H23FN2O2. The van der Waals surface area contributed by atoms with Gasteiger partial charge in [-0.25, -0.2) is 4.39 Å². The van der Waals surface area contributed by atoms with E-state index in [0.29, 0.717) is 35.5 Å². The van der Waals surface area contributed by atoms with Crippen molar-refractivity contribution < 1.29 is 14.3 Å². The summed E-state index contributed by atoms with van der Waals surface area (Å²) in [5.74, 6) is 0.166. The van der Waals surface area contributed by atoms with Crippen molar-refractivity contribution in [1.82, 2.24) is 10.3 Å². The highest BCUT2D eigenvalue weighted by atomic mass is 19.1. The molecule has 0 fully saturated rings. The van der Waals surface area contributed by atoms with Crippen molar-refractivity contribution in [1.29, 1.82) is 0 Å². The molecule has 0 saturated heterocycles. The zero-order valence-corrected chi connectivity index (χ0v) is 13.0. The Kier molecular flexibility index (Phi) is 5.55. The van der Waals surface area contributed by atoms with Crippen molar-refractivity contribution in [2.24, 2.45) is 11.8 Å². The Morgan fingerprint density at radius 1 is 1.41 bits per heavy atom. The van der Waals surface area contributed by atoms with Crippen LogP contribution in [0.2, 0.25) is 0 Å². The van der Waals surface area contributed by atoms with Crippen LogP contribution in [0.1, 0.15) is 37.2 Å². The third kappa shape index (κ3) is 4.07. The number of carbonyl (C=O) groups is 1. The zero-order valence-electron chi connectivity index (χ0n) is 13.0. The van der Waals surface area contributed by atoms with Gasteiger partial charge in [-0.3, -0.25) is 4.79 Å². The number of fused-ring (bicyclic) bond motifs is 1. The van der Waals surface area contributed by atoms with E-state index in [1.807, 2.05) is 0 Å². The zero-order chi connectivity index (χ0) is 16.1. The third-order valence-electron chi connectivity index (χ3n) is 3.75. The molecule has 0 aliphatic rings. The second kappa shape index (κ2) is 7.40. The summed E-state index contributed by atoms with van der Waals surface area (Å²) in [4.78, 5) is 15.1. The van der Waals surface area contributed by atoms with E-state index < -0.39 is 0 Å². The number of hydrogen-bond acceptors (Lipinski definition) is 2. The number of aliphatic hydroxyl groups excluding tert-OH is 1. The molecule has 2 rings (SSSR count). The van der Waals surface area contributed by atoms with Crippen LogP contribution in [-0.4, -0.2) is 29.1 Å². The summed E-state index contributed by atoms with van der Waals surface area (Å²) in [7, 11) is 0. The summed E-state index contributed by atoms with van der Waals surface area (Å²) in [6.45, 7) is 4.86. The lowest BCUT2D eigenvalue weighted by Gasteiger charge is -2.18. The topological polar surface area (TPSA) is 65.1 Å². The van der Waals surface area contributed by atoms with Crippen LogP contribution in [0, 0.1) is 17.7 Å². The highest BCUT2D eigenvalue weighted by Gasteiger charge is 2.15. The van der Waals surface area contributed by atoms with Crippen LogP contribution in [0.3, 0.4) is 0 Å². The summed E-state index contributed by atoms with van der Waals surface area (Å²) < 4.78 is 13.6. The molecule has 1 atom stereocenters. The Balaban J connectivity index is 2.02. The van der Waals surface area contributed by atoms with E-state index >= 15 is 0 Å². The van der Waals surface area contributed by atoms with Gasteiger partial charge in [0.1, 0.15) is 11.5 Å². The Hall–Kier alpha value is -1.88. The predicted molar refractivity (Wildman–Crippen MR) is 85.2 cm³/mol. The molecule has 0 aliphatic heterocycles. The molecule has 2 aromatic rings. The minimum Gasteiger partial charge on any atom is -0.396 e. The Morgan fingerprint density at radius 3 is 2.82 bits per heavy atom. The van der Waals surface area contributed by atoms with Gasteiger partial charge in [0, 0.05) is 24.1 Å². The van der Waals surface area contributed by atoms with Gasteiger partial charge < -0.3 is 15.4 Å². The first-order valence-corrected chi connectivity index (χ1v) is 7.67. The number of H-pyrrole nitrogens is 1. The van der Waals surface area contributed by atoms with E-state index in [0.717, 1.165) is 6.42 Å². The standard InChI is InChI=1S/C17H23FN2O2/c1-11(2)8-12(6-7-21)10-19-17(22)16-9-13-14(18)4-3-5-15(13)20-16/h3-5,9,11-12,20-21H,6-8,10H2,1-2H3,(H,19,22). The third-order valence-corrected chi connectivity index (χ3v) is 3.75. The lowest BCUT2D eigenvalue weighted by Crippen LogP contribution is -2.30. The molecule has 3 N–H and O–H groups in total. The number of benzene rings is 1. The maximum Gasteiger partial charge on any atom is 0.267 e. The largest absolute Gasteiger partial charge is 0.396 e. The Labute approximate surface area is 129 Å². The van der Waals surface area contributed by atoms with Crippen LogP contribution in [-0.2, 0) is 0 Å². The molecule has 0 aliphatic carbocycles. The van der Waals surface area contributed by atoms with Crippen LogP contribution in [0.25, 0.3) is 10.9 Å². The van der Waals surface area contributed by atoms with Crippen LogP contribution >= 0.6 is 0 Å². The first-order chi connectivity index (χ1) is 10.5. The molecule has 120 valence electrons. The second-order valence-electron chi connectivity index (χ2n) is 6.10. The molecule has 4 nitrogen and oxygen atoms in total. The van der Waals surface area contributed by atoms with Gasteiger partial charge in [0.05, 0.1) is 0 Å². The number of amides is 1. The minimum atomic E-state index is -0.342. The SMILES string of the molecule is CC(C)CC(CCO)CNC(=O)c1cc2c(F)cccc2[nH]1. The van der Waals surface area contributed by atoms with Crippen molar-refractivity contribution in [2.75, 3.05) is 13.2 Å². The lowest BCUT2D eigenvalue weighted by atomic mass is 9.94. The fourth-order valence-corrected chi connectivity index (χ4v) is 2.73. The molecule has 0 bridgehead atoms. The van der Waals surface area contributed by atoms with E-state index in [9.17, 15) is 9.18 Å². The van der Waals surface area contributed by atoms with Gasteiger partial charge in [0.2, 0.25) is 0 Å². The molecule has 1 aromatic heterocycles. The van der Waals surface area contributed by atoms with Crippen LogP contribution < -0.4 is 5.32 Å². The normalized spacial score (nSPS) is 12.8. The summed E-state index contributed by atoms with van der Waals surface area (Å²) in [6, 6.07) is 6.25. The van der Waals surface area contributed by atoms with Gasteiger partial charge >= 0.3 is 0 Å². The first-order valence-electron chi connectivity index (χ1n) is 7.67. The van der Waals surface area contributed by atoms with Crippen LogP contribution in [0.4, 0.5) is 4.39 Å². The first kappa shape index (κ1) is 16.5. The average molecular weight is 306 g/mol. The maximum absolute atomic E-state index is 13.6. The van der Waals surface area contributed by atoms with Gasteiger partial charge in [-0.05, 0) is 42.9 Å². The van der Waals surface area contributed by atoms with Gasteiger partial charge in [0.25, 0.3) is 5.91 Å². The molecule has 1 heterocycles. The van der Waals surface area contributed by atoms with Crippen molar-refractivity contribution in [3.8, 4) is 0 Å². The molecule has 0 radical (unpaired) electrons. The quantitative estimate of drug-likeness (QED) is 0.736. The van der Waals surface area contributed by atoms with Crippen molar-refractivity contribution in [3.63, 3.8) is 0 Å². The molecule has 1 unspecified atom stereocenters. The Bertz CT molecular complexity index is 637. The summed E-state index contributed by atoms with van der Waals surface area (Å²) in [6.07, 6.45) is 1.61. The van der Waals surface area contributed by atoms with Crippen LogP contribution in [0.15, 0.2) is 24.3 Å². The summed E-state index contributed by atoms with van der Waals surface area (Å²) in [5.41, 5.74) is 0.964. The maximum atomic E-state index is 13.6. The number of hydrogen-bond donors (Lipinski definition) is 3. The fourth-order valence-electron chi connectivity index (χ4n) is 2.73. The van der Waals surface area contributed by atoms with E-state index in [1.165, 1.54) is 12.1 Å². The lowest BCUT2D eigenvalue weighted by molar-refractivity contribution is 0.0937. The van der Waals surface area contributed by atoms with Crippen molar-refractivity contribution >= 4 is 16.8 Å². The molecule has 5 heteroatoms. The van der Waals surface area contributed by atoms with Crippen LogP contribution in [0.5, 0.6) is 0 Å². The molecule has 22 heavy (non-hydrogen) atoms. The number of halogens is 1. The predicted octanol–water partition coefficient (Wildman–Crippen LogP) is 3.08. The van der Waals surface area contributed by atoms with E-state index in [-0.39, 0.29) is 24.2 Å². The number of aromatic nitrogens is 1. The second-order valence-corrected chi connectivity index (χ2v) is 6.10. The monoisotopic (exact) mass is 306 g/mol. The van der Waals surface area contributed by atoms with Gasteiger partial charge in [0.15, 0.2) is 0 Å². The van der Waals surface area contributed by atoms with Gasteiger partial charge in [-0.15, -0.1) is 0 Å². The average Bonchev–Trinajstić information content (AvgIpc) is 2.90.